The Morgan fingerprint density at radius 3 is 2.45 bits per heavy atom. The number of hydrogen-bond acceptors (Lipinski definition) is 2. The average molecular weight is 427 g/mol. The molecule has 174 valence electrons. The maximum Gasteiger partial charge on any atom is 0.161 e. The highest BCUT2D eigenvalue weighted by molar-refractivity contribution is 5.25. The van der Waals surface area contributed by atoms with Gasteiger partial charge < -0.3 is 9.84 Å². The van der Waals surface area contributed by atoms with Gasteiger partial charge in [-0.15, -0.1) is 6.58 Å². The first-order valence-corrected chi connectivity index (χ1v) is 12.4. The Balaban J connectivity index is 2.65. The van der Waals surface area contributed by atoms with Crippen LogP contribution >= 0.6 is 0 Å². The second-order valence-corrected chi connectivity index (χ2v) is 8.56. The summed E-state index contributed by atoms with van der Waals surface area (Å²) in [6.45, 7) is 14.0. The summed E-state index contributed by atoms with van der Waals surface area (Å²) in [5, 5.41) is 10.7. The number of ether oxygens (including phenoxy) is 1. The van der Waals surface area contributed by atoms with Crippen molar-refractivity contribution in [3.8, 4) is 0 Å². The summed E-state index contributed by atoms with van der Waals surface area (Å²) in [4.78, 5) is 0. The standard InChI is InChI=1S/C29H46O2/c1-6-11-13-14-15-16-19-25(17-8-3)26-20-22-27(23-21-26)29(30)31-28(10-5)24(9-4)18-12-7-2/h7-9,12,16,18-20,22,25-30H,2-3,6,10-11,13-15,17,21,23H2,1,4-5H3/b18-12-,19-16-,24-9+/t25-,26?,27?,28?,29?/m1/s1. The van der Waals surface area contributed by atoms with E-state index in [9.17, 15) is 5.11 Å². The molecule has 2 heteroatoms. The SMILES string of the molecule is C=C/C=C\C(=C/C)C(CC)OC(O)C1C=CC([C@@H](/C=C\CCCCCC)CC=C)CC1. The summed E-state index contributed by atoms with van der Waals surface area (Å²) in [6.07, 6.45) is 28.4. The fourth-order valence-corrected chi connectivity index (χ4v) is 4.25. The fourth-order valence-electron chi connectivity index (χ4n) is 4.25. The van der Waals surface area contributed by atoms with E-state index in [0.717, 1.165) is 31.3 Å². The van der Waals surface area contributed by atoms with Crippen molar-refractivity contribution < 1.29 is 9.84 Å². The zero-order chi connectivity index (χ0) is 22.9. The van der Waals surface area contributed by atoms with Crippen molar-refractivity contribution in [2.45, 2.75) is 91.0 Å². The molecule has 4 unspecified atom stereocenters. The van der Waals surface area contributed by atoms with E-state index in [4.69, 9.17) is 4.74 Å². The number of unbranched alkanes of at least 4 members (excludes halogenated alkanes) is 4. The molecule has 0 saturated carbocycles. The molecule has 0 saturated heterocycles. The van der Waals surface area contributed by atoms with Crippen LogP contribution in [-0.4, -0.2) is 17.5 Å². The van der Waals surface area contributed by atoms with Crippen molar-refractivity contribution in [3.63, 3.8) is 0 Å². The van der Waals surface area contributed by atoms with Crippen LogP contribution in [0.5, 0.6) is 0 Å². The van der Waals surface area contributed by atoms with Gasteiger partial charge in [0.2, 0.25) is 0 Å². The molecule has 1 N–H and O–H groups in total. The first-order valence-electron chi connectivity index (χ1n) is 12.4. The minimum absolute atomic E-state index is 0.0502. The van der Waals surface area contributed by atoms with Crippen LogP contribution in [0.2, 0.25) is 0 Å². The Kier molecular flexibility index (Phi) is 15.0. The van der Waals surface area contributed by atoms with E-state index in [2.05, 4.69) is 51.3 Å². The predicted octanol–water partition coefficient (Wildman–Crippen LogP) is 8.09. The molecule has 1 aliphatic carbocycles. The van der Waals surface area contributed by atoms with Crippen LogP contribution in [0.25, 0.3) is 0 Å². The van der Waals surface area contributed by atoms with Crippen molar-refractivity contribution in [2.24, 2.45) is 17.8 Å². The number of rotatable bonds is 16. The molecule has 2 nitrogen and oxygen atoms in total. The van der Waals surface area contributed by atoms with Crippen molar-refractivity contribution in [3.05, 3.63) is 73.4 Å². The molecule has 0 bridgehead atoms. The molecule has 31 heavy (non-hydrogen) atoms. The second-order valence-electron chi connectivity index (χ2n) is 8.56. The first kappa shape index (κ1) is 27.4. The van der Waals surface area contributed by atoms with Gasteiger partial charge in [0.25, 0.3) is 0 Å². The maximum atomic E-state index is 10.7. The molecule has 0 spiro atoms. The van der Waals surface area contributed by atoms with Crippen LogP contribution in [0, 0.1) is 17.8 Å². The van der Waals surface area contributed by atoms with E-state index in [0.29, 0.717) is 11.8 Å². The molecule has 0 amide bonds. The lowest BCUT2D eigenvalue weighted by Gasteiger charge is -2.31. The van der Waals surface area contributed by atoms with Gasteiger partial charge in [-0.3, -0.25) is 0 Å². The van der Waals surface area contributed by atoms with E-state index in [-0.39, 0.29) is 12.0 Å². The van der Waals surface area contributed by atoms with Crippen LogP contribution in [-0.2, 0) is 4.74 Å². The third-order valence-corrected chi connectivity index (χ3v) is 6.21. The summed E-state index contributed by atoms with van der Waals surface area (Å²) in [7, 11) is 0. The molecule has 0 radical (unpaired) electrons. The second kappa shape index (κ2) is 17.0. The Labute approximate surface area is 192 Å². The zero-order valence-corrected chi connectivity index (χ0v) is 20.2. The third kappa shape index (κ3) is 10.5. The van der Waals surface area contributed by atoms with Gasteiger partial charge >= 0.3 is 0 Å². The first-order chi connectivity index (χ1) is 15.1. The highest BCUT2D eigenvalue weighted by Gasteiger charge is 2.27. The van der Waals surface area contributed by atoms with Gasteiger partial charge in [-0.05, 0) is 62.9 Å². The number of aliphatic hydroxyl groups excluding tert-OH is 1. The third-order valence-electron chi connectivity index (χ3n) is 6.21. The molecular weight excluding hydrogens is 380 g/mol. The average Bonchev–Trinajstić information content (AvgIpc) is 2.80. The lowest BCUT2D eigenvalue weighted by molar-refractivity contribution is -0.149. The highest BCUT2D eigenvalue weighted by atomic mass is 16.6. The van der Waals surface area contributed by atoms with Gasteiger partial charge in [0.1, 0.15) is 0 Å². The summed E-state index contributed by atoms with van der Waals surface area (Å²) in [6, 6.07) is 0. The molecule has 0 aliphatic heterocycles. The summed E-state index contributed by atoms with van der Waals surface area (Å²) in [5.41, 5.74) is 1.08. The Morgan fingerprint density at radius 1 is 1.13 bits per heavy atom. The topological polar surface area (TPSA) is 29.5 Å². The van der Waals surface area contributed by atoms with Gasteiger partial charge in [0, 0.05) is 5.92 Å². The number of hydrogen-bond donors (Lipinski definition) is 1. The highest BCUT2D eigenvalue weighted by Crippen LogP contribution is 2.33. The molecule has 5 atom stereocenters. The number of allylic oxidation sites excluding steroid dienone is 7. The fraction of sp³-hybridized carbons (Fsp3) is 0.586. The molecule has 1 aliphatic rings. The van der Waals surface area contributed by atoms with E-state index in [1.807, 2.05) is 31.2 Å². The summed E-state index contributed by atoms with van der Waals surface area (Å²) < 4.78 is 6.06. The molecule has 1 rings (SSSR count). The zero-order valence-electron chi connectivity index (χ0n) is 20.2. The summed E-state index contributed by atoms with van der Waals surface area (Å²) in [5.74, 6) is 1.06. The van der Waals surface area contributed by atoms with E-state index < -0.39 is 6.29 Å². The van der Waals surface area contributed by atoms with Gasteiger partial charge in [0.05, 0.1) is 6.10 Å². The van der Waals surface area contributed by atoms with Crippen LogP contribution in [0.4, 0.5) is 0 Å². The minimum Gasteiger partial charge on any atom is -0.367 e. The summed E-state index contributed by atoms with van der Waals surface area (Å²) >= 11 is 0. The molecule has 0 fully saturated rings. The lowest BCUT2D eigenvalue weighted by Crippen LogP contribution is -2.31. The van der Waals surface area contributed by atoms with Gasteiger partial charge in [-0.1, -0.05) is 94.4 Å². The van der Waals surface area contributed by atoms with Crippen molar-refractivity contribution >= 4 is 0 Å². The Hall–Kier alpha value is -1.64. The minimum atomic E-state index is -0.777. The molecule has 0 aromatic heterocycles. The molecule has 0 aromatic rings. The van der Waals surface area contributed by atoms with Crippen LogP contribution in [0.3, 0.4) is 0 Å². The van der Waals surface area contributed by atoms with Crippen molar-refractivity contribution in [1.29, 1.82) is 0 Å². The monoisotopic (exact) mass is 426 g/mol. The predicted molar refractivity (Wildman–Crippen MR) is 136 cm³/mol. The van der Waals surface area contributed by atoms with Gasteiger partial charge in [-0.2, -0.15) is 0 Å². The Morgan fingerprint density at radius 2 is 1.87 bits per heavy atom. The Bertz CT molecular complexity index is 610. The number of aliphatic hydroxyl groups is 1. The van der Waals surface area contributed by atoms with Crippen molar-refractivity contribution in [1.82, 2.24) is 0 Å². The van der Waals surface area contributed by atoms with Gasteiger partial charge in [0.15, 0.2) is 6.29 Å². The lowest BCUT2D eigenvalue weighted by atomic mass is 9.79. The molecular formula is C29H46O2. The van der Waals surface area contributed by atoms with Crippen LogP contribution < -0.4 is 0 Å². The largest absolute Gasteiger partial charge is 0.367 e. The van der Waals surface area contributed by atoms with Crippen LogP contribution in [0.15, 0.2) is 73.4 Å². The van der Waals surface area contributed by atoms with E-state index in [1.165, 1.54) is 32.1 Å². The van der Waals surface area contributed by atoms with Crippen molar-refractivity contribution in [2.75, 3.05) is 0 Å². The maximum absolute atomic E-state index is 10.7. The normalized spacial score (nSPS) is 22.6. The molecule has 0 heterocycles. The quantitative estimate of drug-likeness (QED) is 0.117. The van der Waals surface area contributed by atoms with E-state index >= 15 is 0 Å². The molecule has 0 aromatic carbocycles. The van der Waals surface area contributed by atoms with Crippen LogP contribution in [0.1, 0.15) is 78.6 Å². The van der Waals surface area contributed by atoms with Gasteiger partial charge in [-0.25, -0.2) is 0 Å². The van der Waals surface area contributed by atoms with E-state index in [1.54, 1.807) is 6.08 Å². The smallest absolute Gasteiger partial charge is 0.161 e.